The number of piperazine rings is 1. The van der Waals surface area contributed by atoms with Gasteiger partial charge in [0.1, 0.15) is 13.1 Å². The number of imide groups is 1. The second-order valence-corrected chi connectivity index (χ2v) is 4.23. The summed E-state index contributed by atoms with van der Waals surface area (Å²) in [6.45, 7) is 0.762. The van der Waals surface area contributed by atoms with Gasteiger partial charge in [-0.15, -0.1) is 11.3 Å². The lowest BCUT2D eigenvalue weighted by atomic mass is 10.4. The van der Waals surface area contributed by atoms with Gasteiger partial charge in [-0.1, -0.05) is 0 Å². The number of carbonyl (C=O) groups excluding carboxylic acids is 2. The van der Waals surface area contributed by atoms with E-state index >= 15 is 0 Å². The summed E-state index contributed by atoms with van der Waals surface area (Å²) in [5, 5.41) is 2.90. The van der Waals surface area contributed by atoms with Crippen LogP contribution in [0.15, 0.2) is 6.20 Å². The number of aromatic nitrogens is 1. The van der Waals surface area contributed by atoms with E-state index in [1.54, 1.807) is 11.1 Å². The largest absolute Gasteiger partial charge is 0.329 e. The minimum absolute atomic E-state index is 0.170. The Morgan fingerprint density at radius 3 is 2.67 bits per heavy atom. The van der Waals surface area contributed by atoms with Crippen molar-refractivity contribution in [2.75, 3.05) is 18.0 Å². The minimum Gasteiger partial charge on any atom is -0.329 e. The van der Waals surface area contributed by atoms with Crippen LogP contribution in [0.1, 0.15) is 4.88 Å². The maximum atomic E-state index is 11.1. The number of nitrogens with one attached hydrogen (secondary N) is 1. The van der Waals surface area contributed by atoms with Crippen molar-refractivity contribution < 1.29 is 9.59 Å². The second-order valence-electron chi connectivity index (χ2n) is 3.14. The summed E-state index contributed by atoms with van der Waals surface area (Å²) in [6, 6.07) is 0. The summed E-state index contributed by atoms with van der Waals surface area (Å²) in [4.78, 5) is 28.9. The van der Waals surface area contributed by atoms with Crippen LogP contribution in [0, 0.1) is 0 Å². The molecule has 1 aliphatic rings. The van der Waals surface area contributed by atoms with Crippen molar-refractivity contribution in [3.63, 3.8) is 0 Å². The zero-order chi connectivity index (χ0) is 10.8. The summed E-state index contributed by atoms with van der Waals surface area (Å²) in [5.41, 5.74) is 5.45. The van der Waals surface area contributed by atoms with Gasteiger partial charge in [-0.2, -0.15) is 0 Å². The number of carbonyl (C=O) groups is 2. The number of hydrogen-bond acceptors (Lipinski definition) is 6. The Hall–Kier alpha value is -1.47. The third kappa shape index (κ3) is 2.13. The van der Waals surface area contributed by atoms with E-state index in [1.807, 2.05) is 0 Å². The molecule has 1 fully saturated rings. The summed E-state index contributed by atoms with van der Waals surface area (Å²) in [6.07, 6.45) is 1.66. The molecule has 0 unspecified atom stereocenters. The quantitative estimate of drug-likeness (QED) is 0.636. The first-order chi connectivity index (χ1) is 7.19. The van der Waals surface area contributed by atoms with Crippen molar-refractivity contribution >= 4 is 28.3 Å². The van der Waals surface area contributed by atoms with Gasteiger partial charge < -0.3 is 10.6 Å². The van der Waals surface area contributed by atoms with Crippen LogP contribution in [0.4, 0.5) is 5.13 Å². The van der Waals surface area contributed by atoms with E-state index in [-0.39, 0.29) is 24.9 Å². The molecular weight excluding hydrogens is 216 g/mol. The molecule has 0 aromatic carbocycles. The van der Waals surface area contributed by atoms with Crippen LogP contribution in [0.5, 0.6) is 0 Å². The van der Waals surface area contributed by atoms with E-state index < -0.39 is 0 Å². The predicted octanol–water partition coefficient (Wildman–Crippen LogP) is -0.935. The number of rotatable bonds is 2. The average Bonchev–Trinajstić information content (AvgIpc) is 2.64. The Morgan fingerprint density at radius 1 is 1.47 bits per heavy atom. The van der Waals surface area contributed by atoms with E-state index in [1.165, 1.54) is 11.3 Å². The number of nitrogens with zero attached hydrogens (tertiary/aromatic N) is 2. The van der Waals surface area contributed by atoms with Gasteiger partial charge in [0.25, 0.3) is 0 Å². The smallest absolute Gasteiger partial charge is 0.246 e. The van der Waals surface area contributed by atoms with Crippen LogP contribution in [-0.2, 0) is 16.1 Å². The summed E-state index contributed by atoms with van der Waals surface area (Å²) >= 11 is 1.40. The number of amides is 2. The van der Waals surface area contributed by atoms with Crippen molar-refractivity contribution in [3.05, 3.63) is 11.1 Å². The van der Waals surface area contributed by atoms with Crippen molar-refractivity contribution in [2.24, 2.45) is 5.73 Å². The molecule has 7 heteroatoms. The first-order valence-electron chi connectivity index (χ1n) is 4.41. The van der Waals surface area contributed by atoms with Gasteiger partial charge in [-0.25, -0.2) is 4.98 Å². The number of anilines is 1. The molecule has 3 N–H and O–H groups in total. The van der Waals surface area contributed by atoms with Crippen LogP contribution < -0.4 is 16.0 Å². The van der Waals surface area contributed by atoms with E-state index in [4.69, 9.17) is 5.73 Å². The van der Waals surface area contributed by atoms with Crippen LogP contribution in [0.2, 0.25) is 0 Å². The monoisotopic (exact) mass is 226 g/mol. The molecule has 1 saturated heterocycles. The van der Waals surface area contributed by atoms with Crippen molar-refractivity contribution in [1.82, 2.24) is 10.3 Å². The molecule has 1 aliphatic heterocycles. The van der Waals surface area contributed by atoms with Gasteiger partial charge in [-0.3, -0.25) is 14.9 Å². The highest BCUT2D eigenvalue weighted by molar-refractivity contribution is 7.15. The third-order valence-electron chi connectivity index (χ3n) is 1.96. The molecule has 0 bridgehead atoms. The van der Waals surface area contributed by atoms with Crippen molar-refractivity contribution in [3.8, 4) is 0 Å². The maximum Gasteiger partial charge on any atom is 0.246 e. The predicted molar refractivity (Wildman–Crippen MR) is 55.4 cm³/mol. The highest BCUT2D eigenvalue weighted by Gasteiger charge is 2.24. The average molecular weight is 226 g/mol. The highest BCUT2D eigenvalue weighted by atomic mass is 32.1. The van der Waals surface area contributed by atoms with E-state index in [2.05, 4.69) is 10.3 Å². The Labute approximate surface area is 90.1 Å². The van der Waals surface area contributed by atoms with Gasteiger partial charge in [0.15, 0.2) is 5.13 Å². The van der Waals surface area contributed by atoms with Gasteiger partial charge >= 0.3 is 0 Å². The highest BCUT2D eigenvalue weighted by Crippen LogP contribution is 2.22. The van der Waals surface area contributed by atoms with Gasteiger partial charge in [0, 0.05) is 17.6 Å². The zero-order valence-corrected chi connectivity index (χ0v) is 8.71. The van der Waals surface area contributed by atoms with Crippen molar-refractivity contribution in [1.29, 1.82) is 0 Å². The van der Waals surface area contributed by atoms with Crippen LogP contribution in [0.3, 0.4) is 0 Å². The number of nitrogens with two attached hydrogens (primary N) is 1. The molecule has 80 valence electrons. The lowest BCUT2D eigenvalue weighted by Crippen LogP contribution is -2.51. The molecule has 1 aromatic rings. The first kappa shape index (κ1) is 10.1. The van der Waals surface area contributed by atoms with Crippen molar-refractivity contribution in [2.45, 2.75) is 6.54 Å². The fourth-order valence-corrected chi connectivity index (χ4v) is 2.10. The molecule has 2 rings (SSSR count). The minimum atomic E-state index is -0.296. The summed E-state index contributed by atoms with van der Waals surface area (Å²) < 4.78 is 0. The molecular formula is C8H10N4O2S. The van der Waals surface area contributed by atoms with Crippen LogP contribution >= 0.6 is 11.3 Å². The standard InChI is InChI=1S/C8H10N4O2S/c9-1-5-2-10-8(15-5)12-3-6(13)11-7(14)4-12/h2H,1,3-4,9H2,(H,11,13,14). The van der Waals surface area contributed by atoms with Gasteiger partial charge in [0.2, 0.25) is 11.8 Å². The molecule has 0 aliphatic carbocycles. The number of thiazole rings is 1. The van der Waals surface area contributed by atoms with Gasteiger partial charge in [-0.05, 0) is 0 Å². The zero-order valence-electron chi connectivity index (χ0n) is 7.90. The normalized spacial score (nSPS) is 16.7. The molecule has 15 heavy (non-hydrogen) atoms. The Morgan fingerprint density at radius 2 is 2.13 bits per heavy atom. The van der Waals surface area contributed by atoms with Crippen LogP contribution in [-0.4, -0.2) is 29.9 Å². The molecule has 1 aromatic heterocycles. The molecule has 0 radical (unpaired) electrons. The molecule has 0 saturated carbocycles. The lowest BCUT2D eigenvalue weighted by molar-refractivity contribution is -0.130. The number of hydrogen-bond donors (Lipinski definition) is 2. The van der Waals surface area contributed by atoms with E-state index in [9.17, 15) is 9.59 Å². The molecule has 2 heterocycles. The molecule has 2 amide bonds. The third-order valence-corrected chi connectivity index (χ3v) is 3.04. The maximum absolute atomic E-state index is 11.1. The molecule has 0 atom stereocenters. The Kier molecular flexibility index (Phi) is 2.65. The Bertz CT molecular complexity index is 387. The van der Waals surface area contributed by atoms with Crippen LogP contribution in [0.25, 0.3) is 0 Å². The van der Waals surface area contributed by atoms with Gasteiger partial charge in [0.05, 0.1) is 0 Å². The Balaban J connectivity index is 2.15. The fraction of sp³-hybridized carbons (Fsp3) is 0.375. The topological polar surface area (TPSA) is 88.3 Å². The molecule has 0 spiro atoms. The first-order valence-corrected chi connectivity index (χ1v) is 5.23. The summed E-state index contributed by atoms with van der Waals surface area (Å²) in [7, 11) is 0. The fourth-order valence-electron chi connectivity index (χ4n) is 1.31. The molecule has 6 nitrogen and oxygen atoms in total. The van der Waals surface area contributed by atoms with E-state index in [0.717, 1.165) is 4.88 Å². The second kappa shape index (κ2) is 3.95. The SMILES string of the molecule is NCc1cnc(N2CC(=O)NC(=O)C2)s1. The summed E-state index contributed by atoms with van der Waals surface area (Å²) in [5.74, 6) is -0.591. The van der Waals surface area contributed by atoms with E-state index in [0.29, 0.717) is 11.7 Å². The lowest BCUT2D eigenvalue weighted by Gasteiger charge is -2.24.